The number of carbonyl (C=O) groups excluding carboxylic acids is 2. The first-order valence-corrected chi connectivity index (χ1v) is 15.2. The minimum Gasteiger partial charge on any atom is -0.497 e. The molecule has 42 heavy (non-hydrogen) atoms. The smallest absolute Gasteiger partial charge is 0.256 e. The number of hydrogen-bond acceptors (Lipinski definition) is 4. The Labute approximate surface area is 249 Å². The second kappa shape index (κ2) is 15.7. The fourth-order valence-electron chi connectivity index (χ4n) is 5.18. The van der Waals surface area contributed by atoms with Crippen LogP contribution in [0.2, 0.25) is 0 Å². The Balaban J connectivity index is 1.39. The van der Waals surface area contributed by atoms with Gasteiger partial charge in [0.15, 0.2) is 0 Å². The van der Waals surface area contributed by atoms with Gasteiger partial charge in [-0.2, -0.15) is 0 Å². The van der Waals surface area contributed by atoms with Gasteiger partial charge in [-0.25, -0.2) is 4.98 Å². The summed E-state index contributed by atoms with van der Waals surface area (Å²) < 4.78 is 5.29. The highest BCUT2D eigenvalue weighted by Crippen LogP contribution is 2.29. The van der Waals surface area contributed by atoms with Gasteiger partial charge in [0, 0.05) is 28.7 Å². The number of pyridine rings is 1. The van der Waals surface area contributed by atoms with Crippen LogP contribution in [0.25, 0.3) is 22.2 Å². The molecule has 0 saturated carbocycles. The molecule has 0 unspecified atom stereocenters. The Morgan fingerprint density at radius 2 is 1.40 bits per heavy atom. The van der Waals surface area contributed by atoms with Gasteiger partial charge in [-0.3, -0.25) is 9.59 Å². The third-order valence-corrected chi connectivity index (χ3v) is 7.58. The van der Waals surface area contributed by atoms with Crippen molar-refractivity contribution in [3.8, 4) is 17.0 Å². The number of amides is 2. The molecule has 0 bridgehead atoms. The van der Waals surface area contributed by atoms with Crippen LogP contribution in [-0.4, -0.2) is 23.9 Å². The number of rotatable bonds is 15. The molecule has 2 amide bonds. The molecule has 1 heterocycles. The van der Waals surface area contributed by atoms with Crippen LogP contribution in [0.5, 0.6) is 5.75 Å². The average Bonchev–Trinajstić information content (AvgIpc) is 3.00. The summed E-state index contributed by atoms with van der Waals surface area (Å²) in [6.45, 7) is 4.23. The molecule has 3 aromatic carbocycles. The zero-order valence-corrected chi connectivity index (χ0v) is 25.2. The molecule has 0 radical (unpaired) electrons. The molecule has 6 nitrogen and oxygen atoms in total. The van der Waals surface area contributed by atoms with E-state index in [4.69, 9.17) is 9.72 Å². The van der Waals surface area contributed by atoms with Gasteiger partial charge in [-0.05, 0) is 67.4 Å². The van der Waals surface area contributed by atoms with Crippen molar-refractivity contribution in [2.24, 2.45) is 0 Å². The molecule has 0 aliphatic heterocycles. The SMILES string of the molecule is CCCCCCCCCCCC(=O)Nc1cccc(NC(=O)c2cc(-c3ccc(OC)cc3)nc3c(C)cccc23)c1. The number of para-hydroxylation sites is 1. The van der Waals surface area contributed by atoms with Crippen molar-refractivity contribution in [3.05, 3.63) is 83.9 Å². The highest BCUT2D eigenvalue weighted by Gasteiger charge is 2.16. The van der Waals surface area contributed by atoms with Gasteiger partial charge in [-0.1, -0.05) is 82.6 Å². The molecule has 0 aliphatic carbocycles. The number of carbonyl (C=O) groups is 2. The highest BCUT2D eigenvalue weighted by atomic mass is 16.5. The first-order chi connectivity index (χ1) is 20.5. The lowest BCUT2D eigenvalue weighted by molar-refractivity contribution is -0.116. The fraction of sp³-hybridized carbons (Fsp3) is 0.361. The van der Waals surface area contributed by atoms with Gasteiger partial charge < -0.3 is 15.4 Å². The molecule has 4 aromatic rings. The third-order valence-electron chi connectivity index (χ3n) is 7.58. The summed E-state index contributed by atoms with van der Waals surface area (Å²) in [5.41, 5.74) is 5.21. The number of fused-ring (bicyclic) bond motifs is 1. The number of aryl methyl sites for hydroxylation is 1. The normalized spacial score (nSPS) is 10.9. The Morgan fingerprint density at radius 3 is 2.10 bits per heavy atom. The van der Waals surface area contributed by atoms with Gasteiger partial charge in [0.2, 0.25) is 5.91 Å². The van der Waals surface area contributed by atoms with Gasteiger partial charge in [-0.15, -0.1) is 0 Å². The van der Waals surface area contributed by atoms with Crippen molar-refractivity contribution in [2.75, 3.05) is 17.7 Å². The van der Waals surface area contributed by atoms with E-state index in [1.807, 2.05) is 73.7 Å². The molecule has 2 N–H and O–H groups in total. The summed E-state index contributed by atoms with van der Waals surface area (Å²) in [7, 11) is 1.63. The van der Waals surface area contributed by atoms with Gasteiger partial charge in [0.1, 0.15) is 5.75 Å². The number of nitrogens with one attached hydrogen (secondary N) is 2. The van der Waals surface area contributed by atoms with E-state index >= 15 is 0 Å². The maximum atomic E-state index is 13.6. The van der Waals surface area contributed by atoms with Crippen LogP contribution >= 0.6 is 0 Å². The Bertz CT molecular complexity index is 1480. The average molecular weight is 566 g/mol. The molecule has 0 saturated heterocycles. The molecule has 220 valence electrons. The Kier molecular flexibility index (Phi) is 11.5. The first kappa shape index (κ1) is 30.8. The van der Waals surface area contributed by atoms with Crippen molar-refractivity contribution in [1.29, 1.82) is 0 Å². The zero-order chi connectivity index (χ0) is 29.7. The summed E-state index contributed by atoms with van der Waals surface area (Å²) in [4.78, 5) is 31.0. The largest absolute Gasteiger partial charge is 0.497 e. The number of anilines is 2. The van der Waals surface area contributed by atoms with E-state index in [-0.39, 0.29) is 11.8 Å². The van der Waals surface area contributed by atoms with Crippen LogP contribution in [-0.2, 0) is 4.79 Å². The quantitative estimate of drug-likeness (QED) is 0.141. The van der Waals surface area contributed by atoms with Crippen LogP contribution in [0.3, 0.4) is 0 Å². The van der Waals surface area contributed by atoms with Gasteiger partial charge >= 0.3 is 0 Å². The summed E-state index contributed by atoms with van der Waals surface area (Å²) >= 11 is 0. The van der Waals surface area contributed by atoms with Crippen molar-refractivity contribution in [2.45, 2.75) is 78.1 Å². The summed E-state index contributed by atoms with van der Waals surface area (Å²) in [6.07, 6.45) is 11.5. The number of unbranched alkanes of at least 4 members (excludes halogenated alkanes) is 8. The van der Waals surface area contributed by atoms with Crippen molar-refractivity contribution in [3.63, 3.8) is 0 Å². The molecular weight excluding hydrogens is 522 g/mol. The Hall–Kier alpha value is -4.19. The van der Waals surface area contributed by atoms with Crippen LogP contribution in [0, 0.1) is 6.92 Å². The molecule has 4 rings (SSSR count). The lowest BCUT2D eigenvalue weighted by atomic mass is 10.0. The topological polar surface area (TPSA) is 80.3 Å². The van der Waals surface area contributed by atoms with Crippen LogP contribution in [0.15, 0.2) is 72.8 Å². The molecule has 0 fully saturated rings. The lowest BCUT2D eigenvalue weighted by Gasteiger charge is -2.13. The minimum absolute atomic E-state index is 0.00107. The highest BCUT2D eigenvalue weighted by molar-refractivity contribution is 6.13. The number of aromatic nitrogens is 1. The summed E-state index contributed by atoms with van der Waals surface area (Å²) in [5.74, 6) is 0.524. The fourth-order valence-corrected chi connectivity index (χ4v) is 5.18. The van der Waals surface area contributed by atoms with E-state index in [2.05, 4.69) is 17.6 Å². The van der Waals surface area contributed by atoms with Crippen LogP contribution in [0.1, 0.15) is 87.1 Å². The summed E-state index contributed by atoms with van der Waals surface area (Å²) in [5, 5.41) is 6.80. The second-order valence-electron chi connectivity index (χ2n) is 10.9. The number of methoxy groups -OCH3 is 1. The first-order valence-electron chi connectivity index (χ1n) is 15.2. The molecular formula is C36H43N3O3. The third kappa shape index (κ3) is 8.65. The molecule has 6 heteroatoms. The summed E-state index contributed by atoms with van der Waals surface area (Å²) in [6, 6.07) is 22.6. The lowest BCUT2D eigenvalue weighted by Crippen LogP contribution is -2.14. The second-order valence-corrected chi connectivity index (χ2v) is 10.9. The Morgan fingerprint density at radius 1 is 0.762 bits per heavy atom. The van der Waals surface area contributed by atoms with E-state index in [9.17, 15) is 9.59 Å². The molecule has 1 aromatic heterocycles. The predicted molar refractivity (Wildman–Crippen MR) is 173 cm³/mol. The standard InChI is InChI=1S/C36H43N3O3/c1-4-5-6-7-8-9-10-11-12-19-34(40)37-28-16-14-17-29(24-28)38-36(41)32-25-33(27-20-22-30(42-3)23-21-27)39-35-26(2)15-13-18-31(32)35/h13-18,20-25H,4-12,19H2,1-3H3,(H,37,40)(H,38,41). The van der Waals surface area contributed by atoms with Crippen molar-refractivity contribution < 1.29 is 14.3 Å². The maximum absolute atomic E-state index is 13.6. The molecule has 0 atom stereocenters. The predicted octanol–water partition coefficient (Wildman–Crippen LogP) is 9.33. The van der Waals surface area contributed by atoms with Crippen molar-refractivity contribution >= 4 is 34.1 Å². The van der Waals surface area contributed by atoms with E-state index in [0.29, 0.717) is 29.1 Å². The van der Waals surface area contributed by atoms with Crippen LogP contribution in [0.4, 0.5) is 11.4 Å². The van der Waals surface area contributed by atoms with E-state index < -0.39 is 0 Å². The molecule has 0 spiro atoms. The van der Waals surface area contributed by atoms with E-state index in [1.165, 1.54) is 44.9 Å². The number of nitrogens with zero attached hydrogens (tertiary/aromatic N) is 1. The number of hydrogen-bond donors (Lipinski definition) is 2. The number of benzene rings is 3. The van der Waals surface area contributed by atoms with Crippen LogP contribution < -0.4 is 15.4 Å². The van der Waals surface area contributed by atoms with E-state index in [0.717, 1.165) is 40.6 Å². The number of ether oxygens (including phenoxy) is 1. The maximum Gasteiger partial charge on any atom is 0.256 e. The molecule has 0 aliphatic rings. The van der Waals surface area contributed by atoms with E-state index in [1.54, 1.807) is 13.2 Å². The van der Waals surface area contributed by atoms with Gasteiger partial charge in [0.05, 0.1) is 23.9 Å². The monoisotopic (exact) mass is 565 g/mol. The van der Waals surface area contributed by atoms with Gasteiger partial charge in [0.25, 0.3) is 5.91 Å². The van der Waals surface area contributed by atoms with Crippen molar-refractivity contribution in [1.82, 2.24) is 4.98 Å². The minimum atomic E-state index is -0.235. The zero-order valence-electron chi connectivity index (χ0n) is 25.2.